The van der Waals surface area contributed by atoms with Gasteiger partial charge in [-0.3, -0.25) is 0 Å². The number of carboxylic acid groups (broad SMARTS) is 2. The molecule has 1 aliphatic rings. The highest BCUT2D eigenvalue weighted by molar-refractivity contribution is 5.53. The van der Waals surface area contributed by atoms with Crippen LogP contribution in [0.2, 0.25) is 0 Å². The van der Waals surface area contributed by atoms with Crippen molar-refractivity contribution in [2.24, 2.45) is 10.8 Å². The highest BCUT2D eigenvalue weighted by Crippen LogP contribution is 2.48. The topological polar surface area (TPSA) is 57.5 Å². The molecule has 0 heterocycles. The van der Waals surface area contributed by atoms with Crippen LogP contribution in [0, 0.1) is 10.8 Å². The minimum Gasteiger partial charge on any atom is -0.450 e. The van der Waals surface area contributed by atoms with E-state index in [2.05, 4.69) is 27.7 Å². The van der Waals surface area contributed by atoms with E-state index in [1.54, 1.807) is 0 Å². The Hall–Kier alpha value is -0.730. The van der Waals surface area contributed by atoms with Gasteiger partial charge in [0.15, 0.2) is 0 Å². The van der Waals surface area contributed by atoms with Crippen molar-refractivity contribution in [3.63, 3.8) is 0 Å². The van der Waals surface area contributed by atoms with Gasteiger partial charge in [0.2, 0.25) is 0 Å². The molecule has 3 nitrogen and oxygen atoms in total. The molecule has 2 N–H and O–H groups in total. The zero-order valence-corrected chi connectivity index (χ0v) is 8.92. The van der Waals surface area contributed by atoms with Gasteiger partial charge in [-0.25, -0.2) is 4.79 Å². The summed E-state index contributed by atoms with van der Waals surface area (Å²) in [4.78, 5) is 8.56. The van der Waals surface area contributed by atoms with E-state index in [0.717, 1.165) is 0 Å². The minimum absolute atomic E-state index is 0.628. The van der Waals surface area contributed by atoms with E-state index in [-0.39, 0.29) is 0 Å². The summed E-state index contributed by atoms with van der Waals surface area (Å²) < 4.78 is 0. The number of hydrogen-bond donors (Lipinski definition) is 2. The van der Waals surface area contributed by atoms with Crippen LogP contribution in [0.15, 0.2) is 0 Å². The molecule has 0 radical (unpaired) electrons. The molecule has 0 amide bonds. The lowest BCUT2D eigenvalue weighted by molar-refractivity contribution is 0.137. The van der Waals surface area contributed by atoms with E-state index in [9.17, 15) is 0 Å². The summed E-state index contributed by atoms with van der Waals surface area (Å²) in [5.41, 5.74) is 1.26. The second-order valence-electron chi connectivity index (χ2n) is 5.29. The van der Waals surface area contributed by atoms with Gasteiger partial charge in [-0.05, 0) is 30.1 Å². The van der Waals surface area contributed by atoms with E-state index >= 15 is 0 Å². The summed E-state index contributed by atoms with van der Waals surface area (Å²) in [6.07, 6.45) is 2.40. The second-order valence-corrected chi connectivity index (χ2v) is 5.29. The van der Waals surface area contributed by atoms with E-state index in [0.29, 0.717) is 10.8 Å². The molecule has 1 rings (SSSR count). The van der Waals surface area contributed by atoms with Crippen LogP contribution < -0.4 is 0 Å². The first kappa shape index (κ1) is 12.3. The molecular formula is C10H20O3. The number of carbonyl (C=O) groups is 1. The van der Waals surface area contributed by atoms with Crippen LogP contribution in [0.3, 0.4) is 0 Å². The van der Waals surface area contributed by atoms with Crippen molar-refractivity contribution in [1.82, 2.24) is 0 Å². The van der Waals surface area contributed by atoms with Crippen molar-refractivity contribution in [3.8, 4) is 0 Å². The molecular weight excluding hydrogens is 168 g/mol. The average Bonchev–Trinajstić information content (AvgIpc) is 2.02. The van der Waals surface area contributed by atoms with E-state index in [1.807, 2.05) is 0 Å². The zero-order valence-electron chi connectivity index (χ0n) is 8.92. The summed E-state index contributed by atoms with van der Waals surface area (Å²) >= 11 is 0. The third-order valence-electron chi connectivity index (χ3n) is 2.44. The maximum atomic E-state index is 8.56. The molecule has 13 heavy (non-hydrogen) atoms. The fraction of sp³-hybridized carbons (Fsp3) is 0.900. The van der Waals surface area contributed by atoms with E-state index < -0.39 is 6.16 Å². The highest BCUT2D eigenvalue weighted by atomic mass is 16.6. The molecule has 1 fully saturated rings. The Balaban J connectivity index is 0.000000310. The van der Waals surface area contributed by atoms with Crippen LogP contribution in [0.4, 0.5) is 4.79 Å². The molecule has 0 aromatic rings. The van der Waals surface area contributed by atoms with Gasteiger partial charge in [-0.2, -0.15) is 0 Å². The number of hydrogen-bond acceptors (Lipinski definition) is 1. The molecule has 0 unspecified atom stereocenters. The standard InChI is InChI=1S/C9H18.CH2O3/c1-8(2)5-6-9(3,4)7-8;2-1(3)4/h5-7H2,1-4H3;(H2,2,3,4). The Bertz CT molecular complexity index is 165. The van der Waals surface area contributed by atoms with Crippen LogP contribution in [0.5, 0.6) is 0 Å². The summed E-state index contributed by atoms with van der Waals surface area (Å²) in [5.74, 6) is 0. The second kappa shape index (κ2) is 3.99. The van der Waals surface area contributed by atoms with Crippen molar-refractivity contribution >= 4 is 6.16 Å². The predicted octanol–water partition coefficient (Wildman–Crippen LogP) is 3.45. The van der Waals surface area contributed by atoms with Crippen LogP contribution in [-0.4, -0.2) is 16.4 Å². The van der Waals surface area contributed by atoms with Gasteiger partial charge in [-0.1, -0.05) is 27.7 Å². The monoisotopic (exact) mass is 188 g/mol. The summed E-state index contributed by atoms with van der Waals surface area (Å²) in [6, 6.07) is 0. The first-order valence-corrected chi connectivity index (χ1v) is 4.57. The van der Waals surface area contributed by atoms with Crippen molar-refractivity contribution in [2.45, 2.75) is 47.0 Å². The van der Waals surface area contributed by atoms with Gasteiger partial charge >= 0.3 is 6.16 Å². The molecule has 1 aliphatic carbocycles. The van der Waals surface area contributed by atoms with Crippen LogP contribution >= 0.6 is 0 Å². The zero-order chi connectivity index (χ0) is 10.7. The fourth-order valence-corrected chi connectivity index (χ4v) is 2.15. The predicted molar refractivity (Wildman–Crippen MR) is 52.1 cm³/mol. The van der Waals surface area contributed by atoms with Crippen molar-refractivity contribution in [2.75, 3.05) is 0 Å². The number of rotatable bonds is 0. The first-order valence-electron chi connectivity index (χ1n) is 4.57. The molecule has 0 bridgehead atoms. The minimum atomic E-state index is -1.83. The Morgan fingerprint density at radius 3 is 1.31 bits per heavy atom. The molecule has 0 atom stereocenters. The Morgan fingerprint density at radius 1 is 1.00 bits per heavy atom. The largest absolute Gasteiger partial charge is 0.503 e. The summed E-state index contributed by atoms with van der Waals surface area (Å²) in [6.45, 7) is 9.51. The van der Waals surface area contributed by atoms with Gasteiger partial charge in [0.25, 0.3) is 0 Å². The van der Waals surface area contributed by atoms with Crippen molar-refractivity contribution < 1.29 is 15.0 Å². The molecule has 1 saturated carbocycles. The molecule has 78 valence electrons. The van der Waals surface area contributed by atoms with Crippen LogP contribution in [0.1, 0.15) is 47.0 Å². The summed E-state index contributed by atoms with van der Waals surface area (Å²) in [5, 5.41) is 13.9. The van der Waals surface area contributed by atoms with Crippen LogP contribution in [0.25, 0.3) is 0 Å². The fourth-order valence-electron chi connectivity index (χ4n) is 2.15. The van der Waals surface area contributed by atoms with Gasteiger partial charge in [0, 0.05) is 0 Å². The van der Waals surface area contributed by atoms with Crippen molar-refractivity contribution in [3.05, 3.63) is 0 Å². The molecule has 0 aliphatic heterocycles. The van der Waals surface area contributed by atoms with Gasteiger partial charge < -0.3 is 10.2 Å². The van der Waals surface area contributed by atoms with E-state index in [4.69, 9.17) is 15.0 Å². The lowest BCUT2D eigenvalue weighted by Crippen LogP contribution is -2.09. The SMILES string of the molecule is CC1(C)CCC(C)(C)C1.O=C(O)O. The summed E-state index contributed by atoms with van der Waals surface area (Å²) in [7, 11) is 0. The third-order valence-corrected chi connectivity index (χ3v) is 2.44. The molecule has 0 aromatic carbocycles. The van der Waals surface area contributed by atoms with Gasteiger partial charge in [-0.15, -0.1) is 0 Å². The normalized spacial score (nSPS) is 23.1. The quantitative estimate of drug-likeness (QED) is 0.612. The van der Waals surface area contributed by atoms with Gasteiger partial charge in [0.1, 0.15) is 0 Å². The van der Waals surface area contributed by atoms with E-state index in [1.165, 1.54) is 19.3 Å². The lowest BCUT2D eigenvalue weighted by atomic mass is 9.85. The van der Waals surface area contributed by atoms with Crippen LogP contribution in [-0.2, 0) is 0 Å². The Labute approximate surface area is 79.8 Å². The third kappa shape index (κ3) is 6.43. The van der Waals surface area contributed by atoms with Crippen molar-refractivity contribution in [1.29, 1.82) is 0 Å². The van der Waals surface area contributed by atoms with Gasteiger partial charge in [0.05, 0.1) is 0 Å². The maximum Gasteiger partial charge on any atom is 0.503 e. The molecule has 0 saturated heterocycles. The molecule has 3 heteroatoms. The molecule has 0 aromatic heterocycles. The smallest absolute Gasteiger partial charge is 0.450 e. The first-order chi connectivity index (χ1) is 5.65. The average molecular weight is 188 g/mol. The maximum absolute atomic E-state index is 8.56. The molecule has 0 spiro atoms. The lowest BCUT2D eigenvalue weighted by Gasteiger charge is -2.21. The highest BCUT2D eigenvalue weighted by Gasteiger charge is 2.35. The Morgan fingerprint density at radius 2 is 1.23 bits per heavy atom. The Kier molecular flexibility index (Phi) is 3.76.